The van der Waals surface area contributed by atoms with Crippen molar-refractivity contribution in [3.63, 3.8) is 0 Å². The van der Waals surface area contributed by atoms with Crippen LogP contribution in [0.4, 0.5) is 0 Å². The van der Waals surface area contributed by atoms with Crippen molar-refractivity contribution >= 4 is 11.6 Å². The van der Waals surface area contributed by atoms with Gasteiger partial charge in [0.05, 0.1) is 5.69 Å². The predicted molar refractivity (Wildman–Crippen MR) is 53.0 cm³/mol. The molecule has 13 heavy (non-hydrogen) atoms. The number of halogens is 1. The summed E-state index contributed by atoms with van der Waals surface area (Å²) in [6.45, 7) is 2.67. The van der Waals surface area contributed by atoms with Gasteiger partial charge in [0, 0.05) is 12.6 Å². The number of nitrogens with zero attached hydrogens (tertiary/aromatic N) is 2. The summed E-state index contributed by atoms with van der Waals surface area (Å²) in [5.74, 6) is 0.996. The molecular weight excluding hydrogens is 186 g/mol. The van der Waals surface area contributed by atoms with Crippen molar-refractivity contribution in [2.75, 3.05) is 6.54 Å². The highest BCUT2D eigenvalue weighted by Gasteiger charge is 2.23. The number of aromatic nitrogens is 2. The number of fused-ring (bicyclic) bond motifs is 1. The van der Waals surface area contributed by atoms with E-state index in [1.54, 1.807) is 0 Å². The third kappa shape index (κ3) is 1.36. The van der Waals surface area contributed by atoms with E-state index in [9.17, 15) is 0 Å². The van der Waals surface area contributed by atoms with Gasteiger partial charge in [0.25, 0.3) is 0 Å². The highest BCUT2D eigenvalue weighted by atomic mass is 35.5. The number of imidazole rings is 1. The first-order valence-electron chi connectivity index (χ1n) is 4.67. The molecule has 0 radical (unpaired) electrons. The maximum atomic E-state index is 6.01. The van der Waals surface area contributed by atoms with Crippen LogP contribution in [0.1, 0.15) is 30.4 Å². The van der Waals surface area contributed by atoms with Crippen LogP contribution in [-0.2, 0) is 6.42 Å². The molecule has 0 spiro atoms. The Morgan fingerprint density at radius 3 is 3.15 bits per heavy atom. The van der Waals surface area contributed by atoms with Crippen LogP contribution in [0.25, 0.3) is 0 Å². The average Bonchev–Trinajstić information content (AvgIpc) is 2.43. The summed E-state index contributed by atoms with van der Waals surface area (Å²) in [4.78, 5) is 4.26. The second kappa shape index (κ2) is 3.31. The van der Waals surface area contributed by atoms with Gasteiger partial charge >= 0.3 is 0 Å². The van der Waals surface area contributed by atoms with E-state index in [1.807, 2.05) is 6.92 Å². The van der Waals surface area contributed by atoms with Gasteiger partial charge in [0.2, 0.25) is 0 Å². The molecule has 4 heteroatoms. The lowest BCUT2D eigenvalue weighted by Gasteiger charge is -2.25. The predicted octanol–water partition coefficient (Wildman–Crippen LogP) is 1.68. The van der Waals surface area contributed by atoms with Gasteiger partial charge < -0.3 is 10.3 Å². The van der Waals surface area contributed by atoms with Crippen LogP contribution in [0, 0.1) is 6.92 Å². The minimum atomic E-state index is 0.406. The molecular formula is C9H14ClN3. The zero-order valence-electron chi connectivity index (χ0n) is 7.76. The van der Waals surface area contributed by atoms with E-state index in [-0.39, 0.29) is 0 Å². The van der Waals surface area contributed by atoms with E-state index in [2.05, 4.69) is 9.55 Å². The zero-order chi connectivity index (χ0) is 9.42. The molecule has 1 aliphatic rings. The molecule has 0 amide bonds. The maximum absolute atomic E-state index is 6.01. The quantitative estimate of drug-likeness (QED) is 0.748. The van der Waals surface area contributed by atoms with Crippen molar-refractivity contribution in [2.45, 2.75) is 32.2 Å². The molecule has 1 unspecified atom stereocenters. The van der Waals surface area contributed by atoms with Gasteiger partial charge in [0.1, 0.15) is 5.82 Å². The van der Waals surface area contributed by atoms with Crippen LogP contribution in [0.5, 0.6) is 0 Å². The van der Waals surface area contributed by atoms with Gasteiger partial charge in [-0.1, -0.05) is 11.6 Å². The smallest absolute Gasteiger partial charge is 0.150 e. The van der Waals surface area contributed by atoms with Gasteiger partial charge in [0.15, 0.2) is 5.15 Å². The van der Waals surface area contributed by atoms with E-state index >= 15 is 0 Å². The van der Waals surface area contributed by atoms with Crippen molar-refractivity contribution < 1.29 is 0 Å². The number of aryl methyl sites for hydroxylation is 1. The molecule has 0 bridgehead atoms. The first-order valence-corrected chi connectivity index (χ1v) is 5.05. The minimum absolute atomic E-state index is 0.406. The molecule has 0 aromatic carbocycles. The number of hydrogen-bond donors (Lipinski definition) is 1. The monoisotopic (exact) mass is 199 g/mol. The zero-order valence-corrected chi connectivity index (χ0v) is 8.51. The van der Waals surface area contributed by atoms with Crippen LogP contribution in [0.2, 0.25) is 5.15 Å². The maximum Gasteiger partial charge on any atom is 0.150 e. The summed E-state index contributed by atoms with van der Waals surface area (Å²) < 4.78 is 2.20. The second-order valence-electron chi connectivity index (χ2n) is 3.55. The highest BCUT2D eigenvalue weighted by Crippen LogP contribution is 2.30. The summed E-state index contributed by atoms with van der Waals surface area (Å²) in [7, 11) is 0. The summed E-state index contributed by atoms with van der Waals surface area (Å²) in [6.07, 6.45) is 3.36. The molecule has 3 nitrogen and oxygen atoms in total. The molecule has 2 heterocycles. The van der Waals surface area contributed by atoms with E-state index < -0.39 is 0 Å². The van der Waals surface area contributed by atoms with E-state index in [0.717, 1.165) is 18.7 Å². The van der Waals surface area contributed by atoms with Crippen molar-refractivity contribution in [3.8, 4) is 0 Å². The third-order valence-electron chi connectivity index (χ3n) is 2.73. The first-order chi connectivity index (χ1) is 6.24. The van der Waals surface area contributed by atoms with Crippen molar-refractivity contribution in [2.24, 2.45) is 5.73 Å². The Morgan fingerprint density at radius 1 is 1.69 bits per heavy atom. The van der Waals surface area contributed by atoms with Gasteiger partial charge in [-0.25, -0.2) is 4.98 Å². The minimum Gasteiger partial charge on any atom is -0.328 e. The van der Waals surface area contributed by atoms with Crippen LogP contribution in [0.3, 0.4) is 0 Å². The molecule has 72 valence electrons. The van der Waals surface area contributed by atoms with Crippen molar-refractivity contribution in [1.82, 2.24) is 9.55 Å². The summed E-state index contributed by atoms with van der Waals surface area (Å²) in [5.41, 5.74) is 6.87. The first kappa shape index (κ1) is 9.03. The fourth-order valence-corrected chi connectivity index (χ4v) is 2.43. The molecule has 1 aliphatic heterocycles. The highest BCUT2D eigenvalue weighted by molar-refractivity contribution is 6.30. The lowest BCUT2D eigenvalue weighted by Crippen LogP contribution is -2.25. The van der Waals surface area contributed by atoms with Crippen LogP contribution >= 0.6 is 11.6 Å². The average molecular weight is 200 g/mol. The van der Waals surface area contributed by atoms with Gasteiger partial charge in [-0.15, -0.1) is 0 Å². The fourth-order valence-electron chi connectivity index (χ4n) is 2.12. The Hall–Kier alpha value is -0.540. The SMILES string of the molecule is Cc1nc(Cl)c2n1C(CN)CCC2. The molecule has 0 aliphatic carbocycles. The van der Waals surface area contributed by atoms with Gasteiger partial charge in [-0.2, -0.15) is 0 Å². The molecule has 1 aromatic rings. The number of rotatable bonds is 1. The van der Waals surface area contributed by atoms with E-state index in [0.29, 0.717) is 17.7 Å². The van der Waals surface area contributed by atoms with Crippen LogP contribution < -0.4 is 5.73 Å². The summed E-state index contributed by atoms with van der Waals surface area (Å²) in [6, 6.07) is 0.406. The Balaban J connectivity index is 2.48. The largest absolute Gasteiger partial charge is 0.328 e. The normalized spacial score (nSPS) is 21.6. The molecule has 0 saturated carbocycles. The Bertz CT molecular complexity index is 319. The topological polar surface area (TPSA) is 43.8 Å². The summed E-state index contributed by atoms with van der Waals surface area (Å²) in [5, 5.41) is 0.663. The Morgan fingerprint density at radius 2 is 2.46 bits per heavy atom. The fraction of sp³-hybridized carbons (Fsp3) is 0.667. The standard InChI is InChI=1S/C9H14ClN3/c1-6-12-9(10)8-4-2-3-7(5-11)13(6)8/h7H,2-5,11H2,1H3. The van der Waals surface area contributed by atoms with Crippen LogP contribution in [0.15, 0.2) is 0 Å². The third-order valence-corrected chi connectivity index (χ3v) is 3.03. The van der Waals surface area contributed by atoms with Gasteiger partial charge in [-0.05, 0) is 26.2 Å². The lowest BCUT2D eigenvalue weighted by atomic mass is 10.0. The molecule has 0 saturated heterocycles. The van der Waals surface area contributed by atoms with E-state index in [4.69, 9.17) is 17.3 Å². The summed E-state index contributed by atoms with van der Waals surface area (Å²) >= 11 is 6.01. The van der Waals surface area contributed by atoms with E-state index in [1.165, 1.54) is 12.1 Å². The van der Waals surface area contributed by atoms with Crippen molar-refractivity contribution in [3.05, 3.63) is 16.7 Å². The molecule has 2 N–H and O–H groups in total. The Kier molecular flexibility index (Phi) is 2.30. The number of nitrogens with two attached hydrogens (primary N) is 1. The lowest BCUT2D eigenvalue weighted by molar-refractivity contribution is 0.402. The van der Waals surface area contributed by atoms with Gasteiger partial charge in [-0.3, -0.25) is 0 Å². The van der Waals surface area contributed by atoms with Crippen molar-refractivity contribution in [1.29, 1.82) is 0 Å². The Labute approximate surface area is 82.9 Å². The number of hydrogen-bond acceptors (Lipinski definition) is 2. The molecule has 2 rings (SSSR count). The second-order valence-corrected chi connectivity index (χ2v) is 3.91. The molecule has 1 atom stereocenters. The van der Waals surface area contributed by atoms with Crippen LogP contribution in [-0.4, -0.2) is 16.1 Å². The molecule has 1 aromatic heterocycles. The molecule has 0 fully saturated rings.